The zero-order chi connectivity index (χ0) is 21.6. The van der Waals surface area contributed by atoms with E-state index in [1.54, 1.807) is 0 Å². The van der Waals surface area contributed by atoms with Gasteiger partial charge in [-0.05, 0) is 111 Å². The van der Waals surface area contributed by atoms with Crippen LogP contribution < -0.4 is 0 Å². The Kier molecular flexibility index (Phi) is 8.50. The van der Waals surface area contributed by atoms with Crippen LogP contribution in [0.4, 0.5) is 0 Å². The second-order valence-corrected chi connectivity index (χ2v) is 8.81. The molecule has 2 aromatic rings. The molecule has 29 heavy (non-hydrogen) atoms. The molecule has 156 valence electrons. The number of hydrogen-bond acceptors (Lipinski definition) is 0. The minimum Gasteiger partial charge on any atom is -0.0732 e. The van der Waals surface area contributed by atoms with E-state index in [-0.39, 0.29) is 0 Å². The van der Waals surface area contributed by atoms with Gasteiger partial charge >= 0.3 is 0 Å². The maximum atomic E-state index is 2.40. The first-order chi connectivity index (χ1) is 13.8. The average molecular weight is 389 g/mol. The maximum Gasteiger partial charge on any atom is -0.0146 e. The summed E-state index contributed by atoms with van der Waals surface area (Å²) < 4.78 is 0. The highest BCUT2D eigenvalue weighted by atomic mass is 14.2. The first kappa shape index (κ1) is 23.2. The van der Waals surface area contributed by atoms with E-state index in [1.807, 2.05) is 0 Å². The van der Waals surface area contributed by atoms with Crippen LogP contribution >= 0.6 is 0 Å². The number of benzene rings is 2. The van der Waals surface area contributed by atoms with Crippen molar-refractivity contribution in [3.05, 3.63) is 75.4 Å². The molecule has 0 heterocycles. The third-order valence-corrected chi connectivity index (χ3v) is 6.51. The summed E-state index contributed by atoms with van der Waals surface area (Å²) in [4.78, 5) is 0. The van der Waals surface area contributed by atoms with Gasteiger partial charge in [0, 0.05) is 0 Å². The van der Waals surface area contributed by atoms with Crippen LogP contribution in [-0.4, -0.2) is 0 Å². The van der Waals surface area contributed by atoms with Crippen molar-refractivity contribution >= 4 is 5.57 Å². The summed E-state index contributed by atoms with van der Waals surface area (Å²) >= 11 is 0. The summed E-state index contributed by atoms with van der Waals surface area (Å²) in [6, 6.07) is 13.8. The van der Waals surface area contributed by atoms with Gasteiger partial charge < -0.3 is 0 Å². The Morgan fingerprint density at radius 1 is 0.759 bits per heavy atom. The molecule has 0 unspecified atom stereocenters. The number of hydrogen-bond donors (Lipinski definition) is 0. The van der Waals surface area contributed by atoms with Gasteiger partial charge in [0.15, 0.2) is 0 Å². The van der Waals surface area contributed by atoms with Crippen LogP contribution in [0.5, 0.6) is 0 Å². The average Bonchev–Trinajstić information content (AvgIpc) is 2.70. The predicted octanol–water partition coefficient (Wildman–Crippen LogP) is 9.24. The molecule has 0 N–H and O–H groups in total. The van der Waals surface area contributed by atoms with Crippen LogP contribution in [0.2, 0.25) is 0 Å². The van der Waals surface area contributed by atoms with Gasteiger partial charge in [0.25, 0.3) is 0 Å². The van der Waals surface area contributed by atoms with Gasteiger partial charge in [-0.25, -0.2) is 0 Å². The van der Waals surface area contributed by atoms with Gasteiger partial charge in [-0.3, -0.25) is 0 Å². The topological polar surface area (TPSA) is 0 Å². The smallest absolute Gasteiger partial charge is 0.0146 e. The first-order valence-corrected chi connectivity index (χ1v) is 11.3. The molecule has 0 heteroatoms. The molecule has 0 fully saturated rings. The molecule has 2 aromatic carbocycles. The van der Waals surface area contributed by atoms with E-state index in [0.717, 1.165) is 0 Å². The summed E-state index contributed by atoms with van der Waals surface area (Å²) in [7, 11) is 0. The van der Waals surface area contributed by atoms with Crippen molar-refractivity contribution in [1.29, 1.82) is 0 Å². The van der Waals surface area contributed by atoms with E-state index < -0.39 is 0 Å². The lowest BCUT2D eigenvalue weighted by Crippen LogP contribution is -1.96. The van der Waals surface area contributed by atoms with Crippen LogP contribution in [0.15, 0.2) is 53.1 Å². The summed E-state index contributed by atoms with van der Waals surface area (Å²) in [5.74, 6) is 0. The fourth-order valence-electron chi connectivity index (χ4n) is 4.13. The van der Waals surface area contributed by atoms with Crippen LogP contribution in [0.1, 0.15) is 89.5 Å². The third-order valence-electron chi connectivity index (χ3n) is 6.51. The van der Waals surface area contributed by atoms with E-state index in [1.165, 1.54) is 87.8 Å². The molecule has 0 aliphatic heterocycles. The second-order valence-electron chi connectivity index (χ2n) is 8.81. The fourth-order valence-corrected chi connectivity index (χ4v) is 4.13. The Morgan fingerprint density at radius 2 is 1.48 bits per heavy atom. The molecule has 0 nitrogen and oxygen atoms in total. The lowest BCUT2D eigenvalue weighted by Gasteiger charge is -2.17. The van der Waals surface area contributed by atoms with Crippen molar-refractivity contribution in [3.63, 3.8) is 0 Å². The van der Waals surface area contributed by atoms with Gasteiger partial charge in [-0.1, -0.05) is 68.2 Å². The zero-order valence-corrected chi connectivity index (χ0v) is 20.0. The van der Waals surface area contributed by atoms with Crippen LogP contribution in [0.25, 0.3) is 16.7 Å². The van der Waals surface area contributed by atoms with Gasteiger partial charge in [0.05, 0.1) is 0 Å². The molecule has 0 bridgehead atoms. The van der Waals surface area contributed by atoms with Crippen molar-refractivity contribution in [2.75, 3.05) is 0 Å². The lowest BCUT2D eigenvalue weighted by atomic mass is 9.87. The predicted molar refractivity (Wildman–Crippen MR) is 132 cm³/mol. The van der Waals surface area contributed by atoms with E-state index >= 15 is 0 Å². The lowest BCUT2D eigenvalue weighted by molar-refractivity contribution is 0.667. The van der Waals surface area contributed by atoms with Crippen molar-refractivity contribution < 1.29 is 0 Å². The van der Waals surface area contributed by atoms with Crippen LogP contribution in [0, 0.1) is 13.8 Å². The van der Waals surface area contributed by atoms with Crippen molar-refractivity contribution in [3.8, 4) is 11.1 Å². The minimum absolute atomic E-state index is 1.20. The Balaban J connectivity index is 2.39. The fraction of sp³-hybridized carbons (Fsp3) is 0.448. The summed E-state index contributed by atoms with van der Waals surface area (Å²) in [5, 5.41) is 0. The molecule has 0 spiro atoms. The highest BCUT2D eigenvalue weighted by molar-refractivity contribution is 5.80. The van der Waals surface area contributed by atoms with Gasteiger partial charge in [0.2, 0.25) is 0 Å². The number of unbranched alkanes of at least 4 members (excludes halogenated alkanes) is 3. The van der Waals surface area contributed by atoms with E-state index in [4.69, 9.17) is 0 Å². The van der Waals surface area contributed by atoms with Crippen molar-refractivity contribution in [1.82, 2.24) is 0 Å². The molecule has 0 aliphatic carbocycles. The number of rotatable bonds is 8. The minimum atomic E-state index is 1.20. The number of aryl methyl sites for hydroxylation is 2. The highest BCUT2D eigenvalue weighted by Crippen LogP contribution is 2.34. The Labute approximate surface area is 179 Å². The quantitative estimate of drug-likeness (QED) is 0.312. The Bertz CT molecular complexity index is 902. The monoisotopic (exact) mass is 388 g/mol. The van der Waals surface area contributed by atoms with E-state index in [0.29, 0.717) is 0 Å². The molecule has 0 saturated carbocycles. The summed E-state index contributed by atoms with van der Waals surface area (Å²) in [6.45, 7) is 18.0. The molecular formula is C29H40. The van der Waals surface area contributed by atoms with Gasteiger partial charge in [-0.2, -0.15) is 0 Å². The number of allylic oxidation sites excluding steroid dienone is 4. The second kappa shape index (κ2) is 10.6. The van der Waals surface area contributed by atoms with Crippen molar-refractivity contribution in [2.24, 2.45) is 0 Å². The van der Waals surface area contributed by atoms with Gasteiger partial charge in [-0.15, -0.1) is 0 Å². The molecular weight excluding hydrogens is 348 g/mol. The Hall–Kier alpha value is -2.08. The standard InChI is InChI=1S/C29H40/c1-9-10-11-12-14-26-17-18-27(21(4)19-26)29-16-13-15-28(25(29)8)24(7)23(6)22(5)20(2)3/h13,15-19H,9-12,14H2,1-8H3/b24-23+. The highest BCUT2D eigenvalue weighted by Gasteiger charge is 2.12. The molecule has 0 amide bonds. The summed E-state index contributed by atoms with van der Waals surface area (Å²) in [6.07, 6.45) is 6.49. The SMILES string of the molecule is CCCCCCc1ccc(-c2cccc(/C(C)=C(\C)C(C)=C(C)C)c2C)c(C)c1. The first-order valence-electron chi connectivity index (χ1n) is 11.3. The van der Waals surface area contributed by atoms with E-state index in [2.05, 4.69) is 91.8 Å². The molecule has 0 radical (unpaired) electrons. The zero-order valence-electron chi connectivity index (χ0n) is 20.0. The maximum absolute atomic E-state index is 2.40. The van der Waals surface area contributed by atoms with Crippen LogP contribution in [0.3, 0.4) is 0 Å². The third kappa shape index (κ3) is 5.72. The Morgan fingerprint density at radius 3 is 2.10 bits per heavy atom. The molecule has 0 saturated heterocycles. The molecule has 0 aliphatic rings. The van der Waals surface area contributed by atoms with Crippen molar-refractivity contribution in [2.45, 2.75) is 87.5 Å². The molecule has 0 atom stereocenters. The summed E-state index contributed by atoms with van der Waals surface area (Å²) in [5.41, 5.74) is 13.9. The molecule has 2 rings (SSSR count). The van der Waals surface area contributed by atoms with Gasteiger partial charge in [0.1, 0.15) is 0 Å². The van der Waals surface area contributed by atoms with E-state index in [9.17, 15) is 0 Å². The normalized spacial score (nSPS) is 12.0. The molecule has 0 aromatic heterocycles. The largest absolute Gasteiger partial charge is 0.0732 e. The van der Waals surface area contributed by atoms with Crippen LogP contribution in [-0.2, 0) is 6.42 Å².